The van der Waals surface area contributed by atoms with Gasteiger partial charge in [-0.15, -0.1) is 0 Å². The minimum absolute atomic E-state index is 0.203. The van der Waals surface area contributed by atoms with Crippen LogP contribution in [0.5, 0.6) is 0 Å². The van der Waals surface area contributed by atoms with Crippen molar-refractivity contribution in [3.8, 4) is 0 Å². The molecule has 5 heteroatoms. The molecule has 4 rings (SSSR count). The number of anilines is 1. The number of fused-ring (bicyclic) bond motifs is 3. The molecule has 1 aromatic carbocycles. The highest BCUT2D eigenvalue weighted by molar-refractivity contribution is 6.02. The third-order valence-electron chi connectivity index (χ3n) is 3.87. The topological polar surface area (TPSA) is 62.1 Å². The molecule has 1 N–H and O–H groups in total. The predicted molar refractivity (Wildman–Crippen MR) is 78.3 cm³/mol. The number of rotatable bonds is 1. The van der Waals surface area contributed by atoms with E-state index in [9.17, 15) is 4.79 Å². The lowest BCUT2D eigenvalue weighted by Crippen LogP contribution is -2.23. The Morgan fingerprint density at radius 3 is 2.90 bits per heavy atom. The summed E-state index contributed by atoms with van der Waals surface area (Å²) in [6.07, 6.45) is 2.29. The van der Waals surface area contributed by atoms with Gasteiger partial charge in [0, 0.05) is 18.5 Å². The zero-order chi connectivity index (χ0) is 13.7. The molecule has 0 atom stereocenters. The predicted octanol–water partition coefficient (Wildman–Crippen LogP) is 2.58. The van der Waals surface area contributed by atoms with Crippen LogP contribution >= 0.6 is 0 Å². The number of H-pyrrole nitrogens is 1. The van der Waals surface area contributed by atoms with Gasteiger partial charge in [0.05, 0.1) is 0 Å². The van der Waals surface area contributed by atoms with Gasteiger partial charge in [0.15, 0.2) is 0 Å². The van der Waals surface area contributed by atoms with Crippen LogP contribution in [0.15, 0.2) is 27.4 Å². The first-order chi connectivity index (χ1) is 9.72. The second-order valence-corrected chi connectivity index (χ2v) is 5.36. The normalized spacial score (nSPS) is 15.6. The van der Waals surface area contributed by atoms with Crippen molar-refractivity contribution in [2.45, 2.75) is 19.8 Å². The van der Waals surface area contributed by atoms with E-state index in [1.807, 2.05) is 25.1 Å². The lowest BCUT2D eigenvalue weighted by atomic mass is 10.2. The van der Waals surface area contributed by atoms with Crippen LogP contribution in [0.2, 0.25) is 0 Å². The van der Waals surface area contributed by atoms with Gasteiger partial charge in [-0.3, -0.25) is 9.78 Å². The maximum atomic E-state index is 12.2. The van der Waals surface area contributed by atoms with E-state index in [1.54, 1.807) is 0 Å². The number of hydrogen-bond donors (Lipinski definition) is 1. The fourth-order valence-corrected chi connectivity index (χ4v) is 2.83. The van der Waals surface area contributed by atoms with Crippen LogP contribution in [0, 0.1) is 6.92 Å². The van der Waals surface area contributed by atoms with Gasteiger partial charge < -0.3 is 9.32 Å². The van der Waals surface area contributed by atoms with E-state index in [0.717, 1.165) is 36.9 Å². The first-order valence-corrected chi connectivity index (χ1v) is 6.90. The van der Waals surface area contributed by atoms with Crippen LogP contribution in [-0.2, 0) is 0 Å². The zero-order valence-electron chi connectivity index (χ0n) is 11.3. The first-order valence-electron chi connectivity index (χ1n) is 6.90. The van der Waals surface area contributed by atoms with Gasteiger partial charge in [-0.25, -0.2) is 4.98 Å². The van der Waals surface area contributed by atoms with Gasteiger partial charge in [-0.05, 0) is 31.9 Å². The van der Waals surface area contributed by atoms with Gasteiger partial charge in [0.1, 0.15) is 11.1 Å². The Hall–Kier alpha value is -2.30. The second-order valence-electron chi connectivity index (χ2n) is 5.36. The van der Waals surface area contributed by atoms with Crippen molar-refractivity contribution < 1.29 is 4.42 Å². The lowest BCUT2D eigenvalue weighted by Gasteiger charge is -2.14. The summed E-state index contributed by atoms with van der Waals surface area (Å²) in [6, 6.07) is 5.88. The number of furan rings is 1. The minimum atomic E-state index is -0.203. The van der Waals surface area contributed by atoms with Crippen LogP contribution < -0.4 is 10.5 Å². The van der Waals surface area contributed by atoms with Crippen LogP contribution in [-0.4, -0.2) is 23.1 Å². The molecule has 1 fully saturated rings. The Morgan fingerprint density at radius 1 is 1.30 bits per heavy atom. The summed E-state index contributed by atoms with van der Waals surface area (Å²) < 4.78 is 5.63. The Morgan fingerprint density at radius 2 is 2.10 bits per heavy atom. The van der Waals surface area contributed by atoms with Gasteiger partial charge in [0.25, 0.3) is 5.56 Å². The summed E-state index contributed by atoms with van der Waals surface area (Å²) in [4.78, 5) is 21.8. The number of nitrogens with zero attached hydrogens (tertiary/aromatic N) is 2. The molecule has 0 amide bonds. The van der Waals surface area contributed by atoms with Gasteiger partial charge in [-0.2, -0.15) is 0 Å². The van der Waals surface area contributed by atoms with Crippen LogP contribution in [0.1, 0.15) is 18.4 Å². The van der Waals surface area contributed by atoms with E-state index in [-0.39, 0.29) is 5.56 Å². The fraction of sp³-hybridized carbons (Fsp3) is 0.333. The summed E-state index contributed by atoms with van der Waals surface area (Å²) in [5.41, 5.74) is 2.61. The quantitative estimate of drug-likeness (QED) is 0.737. The van der Waals surface area contributed by atoms with Gasteiger partial charge >= 0.3 is 0 Å². The van der Waals surface area contributed by atoms with Crippen molar-refractivity contribution in [3.63, 3.8) is 0 Å². The number of aromatic amines is 1. The smallest absolute Gasteiger partial charge is 0.296 e. The minimum Gasteiger partial charge on any atom is -0.449 e. The van der Waals surface area contributed by atoms with E-state index in [1.165, 1.54) is 0 Å². The molecule has 1 saturated heterocycles. The molecule has 0 unspecified atom stereocenters. The molecule has 0 bridgehead atoms. The van der Waals surface area contributed by atoms with Crippen molar-refractivity contribution >= 4 is 28.0 Å². The van der Waals surface area contributed by atoms with Crippen molar-refractivity contribution in [1.82, 2.24) is 9.97 Å². The largest absolute Gasteiger partial charge is 0.449 e. The molecule has 0 saturated carbocycles. The van der Waals surface area contributed by atoms with Crippen molar-refractivity contribution in [3.05, 3.63) is 34.1 Å². The highest BCUT2D eigenvalue weighted by Gasteiger charge is 2.18. The van der Waals surface area contributed by atoms with Crippen molar-refractivity contribution in [2.24, 2.45) is 0 Å². The first kappa shape index (κ1) is 11.5. The molecule has 0 radical (unpaired) electrons. The molecule has 0 spiro atoms. The average Bonchev–Trinajstić information content (AvgIpc) is 3.06. The maximum Gasteiger partial charge on any atom is 0.296 e. The van der Waals surface area contributed by atoms with E-state index < -0.39 is 0 Å². The molecule has 3 heterocycles. The molecule has 0 aliphatic carbocycles. The van der Waals surface area contributed by atoms with Crippen LogP contribution in [0.4, 0.5) is 5.95 Å². The van der Waals surface area contributed by atoms with Gasteiger partial charge in [0.2, 0.25) is 11.5 Å². The van der Waals surface area contributed by atoms with Gasteiger partial charge in [-0.1, -0.05) is 11.6 Å². The zero-order valence-corrected chi connectivity index (χ0v) is 11.3. The Balaban J connectivity index is 2.03. The summed E-state index contributed by atoms with van der Waals surface area (Å²) in [5, 5.41) is 0.909. The van der Waals surface area contributed by atoms with E-state index >= 15 is 0 Å². The Kier molecular flexibility index (Phi) is 2.36. The summed E-state index contributed by atoms with van der Waals surface area (Å²) in [6.45, 7) is 3.92. The van der Waals surface area contributed by atoms with E-state index in [2.05, 4.69) is 14.9 Å². The third kappa shape index (κ3) is 1.62. The molecule has 20 heavy (non-hydrogen) atoms. The van der Waals surface area contributed by atoms with E-state index in [4.69, 9.17) is 4.42 Å². The molecule has 2 aromatic heterocycles. The number of aromatic nitrogens is 2. The Bertz CT molecular complexity index is 857. The molecule has 5 nitrogen and oxygen atoms in total. The van der Waals surface area contributed by atoms with E-state index in [0.29, 0.717) is 22.6 Å². The monoisotopic (exact) mass is 269 g/mol. The average molecular weight is 269 g/mol. The SMILES string of the molecule is Cc1ccc2oc3c(=O)[nH]c(N4CCCC4)nc3c2c1. The third-order valence-corrected chi connectivity index (χ3v) is 3.87. The number of nitrogens with one attached hydrogen (secondary N) is 1. The fourth-order valence-electron chi connectivity index (χ4n) is 2.83. The van der Waals surface area contributed by atoms with Crippen molar-refractivity contribution in [1.29, 1.82) is 0 Å². The maximum absolute atomic E-state index is 12.2. The number of hydrogen-bond acceptors (Lipinski definition) is 4. The Labute approximate surface area is 115 Å². The number of benzene rings is 1. The summed E-state index contributed by atoms with van der Waals surface area (Å²) in [5.74, 6) is 0.657. The molecule has 1 aliphatic rings. The highest BCUT2D eigenvalue weighted by atomic mass is 16.3. The number of aryl methyl sites for hydroxylation is 1. The summed E-state index contributed by atoms with van der Waals surface area (Å²) >= 11 is 0. The van der Waals surface area contributed by atoms with Crippen LogP contribution in [0.3, 0.4) is 0 Å². The molecule has 1 aliphatic heterocycles. The standard InChI is InChI=1S/C15H15N3O2/c1-9-4-5-11-10(8-9)12-13(20-11)14(19)17-15(16-12)18-6-2-3-7-18/h4-5,8H,2-3,6-7H2,1H3,(H,16,17,19). The van der Waals surface area contributed by atoms with Crippen LogP contribution in [0.25, 0.3) is 22.1 Å². The molecule has 3 aromatic rings. The highest BCUT2D eigenvalue weighted by Crippen LogP contribution is 2.27. The molecule has 102 valence electrons. The molecular weight excluding hydrogens is 254 g/mol. The summed E-state index contributed by atoms with van der Waals surface area (Å²) in [7, 11) is 0. The lowest BCUT2D eigenvalue weighted by molar-refractivity contribution is 0.660. The second kappa shape index (κ2) is 4.10. The van der Waals surface area contributed by atoms with Crippen molar-refractivity contribution in [2.75, 3.05) is 18.0 Å². The molecular formula is C15H15N3O2.